The van der Waals surface area contributed by atoms with Gasteiger partial charge in [-0.25, -0.2) is 4.98 Å². The maximum Gasteiger partial charge on any atom is 0.226 e. The molecule has 3 nitrogen and oxygen atoms in total. The van der Waals surface area contributed by atoms with Gasteiger partial charge in [0.2, 0.25) is 5.91 Å². The Morgan fingerprint density at radius 3 is 2.88 bits per heavy atom. The van der Waals surface area contributed by atoms with Crippen molar-refractivity contribution < 1.29 is 4.79 Å². The van der Waals surface area contributed by atoms with Gasteiger partial charge in [-0.3, -0.25) is 4.79 Å². The number of amides is 1. The first-order chi connectivity index (χ1) is 8.00. The van der Waals surface area contributed by atoms with Crippen molar-refractivity contribution in [2.24, 2.45) is 5.41 Å². The molecule has 1 N–H and O–H groups in total. The summed E-state index contributed by atoms with van der Waals surface area (Å²) in [6.07, 6.45) is 6.83. The van der Waals surface area contributed by atoms with Gasteiger partial charge in [-0.15, -0.1) is 11.3 Å². The van der Waals surface area contributed by atoms with Gasteiger partial charge >= 0.3 is 0 Å². The largest absolute Gasteiger partial charge is 0.359 e. The van der Waals surface area contributed by atoms with Crippen LogP contribution >= 0.6 is 11.3 Å². The van der Waals surface area contributed by atoms with Crippen molar-refractivity contribution >= 4 is 22.8 Å². The van der Waals surface area contributed by atoms with Crippen LogP contribution < -0.4 is 5.32 Å². The van der Waals surface area contributed by atoms with Crippen molar-refractivity contribution in [3.63, 3.8) is 0 Å². The number of hydrogen-bond acceptors (Lipinski definition) is 3. The van der Waals surface area contributed by atoms with Crippen LogP contribution in [0.1, 0.15) is 24.5 Å². The smallest absolute Gasteiger partial charge is 0.226 e. The lowest BCUT2D eigenvalue weighted by atomic mass is 9.96. The highest BCUT2D eigenvalue weighted by Crippen LogP contribution is 2.33. The lowest BCUT2D eigenvalue weighted by Crippen LogP contribution is -2.19. The lowest BCUT2D eigenvalue weighted by molar-refractivity contribution is -0.119. The van der Waals surface area contributed by atoms with Crippen LogP contribution in [0.25, 0.3) is 5.57 Å². The maximum atomic E-state index is 11.2. The Morgan fingerprint density at radius 2 is 2.29 bits per heavy atom. The molecular weight excluding hydrogens is 232 g/mol. The highest BCUT2D eigenvalue weighted by Gasteiger charge is 2.19. The highest BCUT2D eigenvalue weighted by molar-refractivity contribution is 7.09. The predicted molar refractivity (Wildman–Crippen MR) is 70.8 cm³/mol. The van der Waals surface area contributed by atoms with E-state index in [1.54, 1.807) is 7.05 Å². The Bertz CT molecular complexity index is 497. The molecule has 1 amide bonds. The van der Waals surface area contributed by atoms with Gasteiger partial charge < -0.3 is 5.32 Å². The van der Waals surface area contributed by atoms with Crippen LogP contribution in [0.15, 0.2) is 23.6 Å². The summed E-state index contributed by atoms with van der Waals surface area (Å²) in [6.45, 7) is 4.32. The topological polar surface area (TPSA) is 42.0 Å². The highest BCUT2D eigenvalue weighted by atomic mass is 32.1. The van der Waals surface area contributed by atoms with Gasteiger partial charge in [0.05, 0.1) is 12.1 Å². The van der Waals surface area contributed by atoms with E-state index in [0.29, 0.717) is 6.42 Å². The van der Waals surface area contributed by atoms with E-state index >= 15 is 0 Å². The zero-order valence-corrected chi connectivity index (χ0v) is 11.1. The standard InChI is InChI=1S/C13H16N2OS/c1-13(2)5-4-9(7-13)10-8-17-12(15-10)6-11(16)14-3/h4-5,7-8H,6H2,1-3H3,(H,14,16). The van der Waals surface area contributed by atoms with Crippen molar-refractivity contribution in [3.8, 4) is 0 Å². The number of thiazole rings is 1. The lowest BCUT2D eigenvalue weighted by Gasteiger charge is -2.08. The molecular formula is C13H16N2OS. The normalized spacial score (nSPS) is 17.0. The van der Waals surface area contributed by atoms with Crippen molar-refractivity contribution in [2.75, 3.05) is 7.05 Å². The van der Waals surface area contributed by atoms with Gasteiger partial charge in [0, 0.05) is 17.8 Å². The fraction of sp³-hybridized carbons (Fsp3) is 0.385. The minimum absolute atomic E-state index is 0.00201. The van der Waals surface area contributed by atoms with E-state index in [-0.39, 0.29) is 11.3 Å². The summed E-state index contributed by atoms with van der Waals surface area (Å²) in [4.78, 5) is 15.7. The summed E-state index contributed by atoms with van der Waals surface area (Å²) in [5, 5.41) is 5.47. The number of likely N-dealkylation sites (N-methyl/N-ethyl adjacent to an activating group) is 1. The summed E-state index contributed by atoms with van der Waals surface area (Å²) in [5.74, 6) is 0.00201. The number of hydrogen-bond donors (Lipinski definition) is 1. The first-order valence-electron chi connectivity index (χ1n) is 5.57. The van der Waals surface area contributed by atoms with E-state index in [9.17, 15) is 4.79 Å². The van der Waals surface area contributed by atoms with Crippen LogP contribution in [-0.2, 0) is 11.2 Å². The van der Waals surface area contributed by atoms with Crippen LogP contribution in [-0.4, -0.2) is 17.9 Å². The van der Waals surface area contributed by atoms with Gasteiger partial charge in [0.1, 0.15) is 5.01 Å². The van der Waals surface area contributed by atoms with E-state index in [4.69, 9.17) is 0 Å². The first kappa shape index (κ1) is 12.0. The maximum absolute atomic E-state index is 11.2. The summed E-state index contributed by atoms with van der Waals surface area (Å²) < 4.78 is 0. The minimum Gasteiger partial charge on any atom is -0.359 e. The third-order valence-corrected chi connectivity index (χ3v) is 3.51. The van der Waals surface area contributed by atoms with E-state index in [2.05, 4.69) is 42.4 Å². The second kappa shape index (κ2) is 4.45. The Balaban J connectivity index is 2.15. The molecule has 0 fully saturated rings. The number of nitrogens with one attached hydrogen (secondary N) is 1. The van der Waals surface area contributed by atoms with Crippen molar-refractivity contribution in [1.29, 1.82) is 0 Å². The van der Waals surface area contributed by atoms with Crippen LogP contribution in [0.4, 0.5) is 0 Å². The van der Waals surface area contributed by atoms with Crippen LogP contribution in [0, 0.1) is 5.41 Å². The molecule has 4 heteroatoms. The number of carbonyl (C=O) groups excluding carboxylic acids is 1. The van der Waals surface area contributed by atoms with E-state index in [1.165, 1.54) is 11.3 Å². The zero-order chi connectivity index (χ0) is 12.5. The molecule has 1 aromatic rings. The Kier molecular flexibility index (Phi) is 3.15. The number of carbonyl (C=O) groups is 1. The SMILES string of the molecule is CNC(=O)Cc1nc(C2=CC(C)(C)C=C2)cs1. The molecule has 0 unspecified atom stereocenters. The van der Waals surface area contributed by atoms with Crippen LogP contribution in [0.2, 0.25) is 0 Å². The quantitative estimate of drug-likeness (QED) is 0.892. The molecule has 2 rings (SSSR count). The van der Waals surface area contributed by atoms with E-state index in [0.717, 1.165) is 16.3 Å². The van der Waals surface area contributed by atoms with Gasteiger partial charge in [0.15, 0.2) is 0 Å². The molecule has 0 aliphatic heterocycles. The second-order valence-corrected chi connectivity index (χ2v) is 5.67. The molecule has 0 radical (unpaired) electrons. The van der Waals surface area contributed by atoms with E-state index in [1.807, 2.05) is 5.38 Å². The minimum atomic E-state index is 0.00201. The summed E-state index contributed by atoms with van der Waals surface area (Å²) in [7, 11) is 1.64. The van der Waals surface area contributed by atoms with Crippen molar-refractivity contribution in [3.05, 3.63) is 34.3 Å². The fourth-order valence-corrected chi connectivity index (χ4v) is 2.51. The predicted octanol–water partition coefficient (Wildman–Crippen LogP) is 2.41. The van der Waals surface area contributed by atoms with Crippen LogP contribution in [0.3, 0.4) is 0 Å². The molecule has 0 bridgehead atoms. The average molecular weight is 248 g/mol. The molecule has 17 heavy (non-hydrogen) atoms. The number of allylic oxidation sites excluding steroid dienone is 4. The molecule has 1 aliphatic rings. The van der Waals surface area contributed by atoms with Gasteiger partial charge in [-0.1, -0.05) is 32.1 Å². The molecule has 0 spiro atoms. The molecule has 1 heterocycles. The molecule has 0 atom stereocenters. The van der Waals surface area contributed by atoms with Gasteiger partial charge in [-0.2, -0.15) is 0 Å². The Labute approximate surface area is 105 Å². The fourth-order valence-electron chi connectivity index (χ4n) is 1.71. The zero-order valence-electron chi connectivity index (χ0n) is 10.3. The summed E-state index contributed by atoms with van der Waals surface area (Å²) in [5.41, 5.74) is 2.23. The molecule has 0 saturated carbocycles. The third kappa shape index (κ3) is 2.82. The summed E-state index contributed by atoms with van der Waals surface area (Å²) in [6, 6.07) is 0. The summed E-state index contributed by atoms with van der Waals surface area (Å²) >= 11 is 1.53. The molecule has 0 aromatic carbocycles. The molecule has 90 valence electrons. The molecule has 1 aliphatic carbocycles. The van der Waals surface area contributed by atoms with Crippen molar-refractivity contribution in [1.82, 2.24) is 10.3 Å². The average Bonchev–Trinajstić information content (AvgIpc) is 2.84. The number of aromatic nitrogens is 1. The van der Waals surface area contributed by atoms with E-state index < -0.39 is 0 Å². The first-order valence-corrected chi connectivity index (χ1v) is 6.45. The van der Waals surface area contributed by atoms with Gasteiger partial charge in [0.25, 0.3) is 0 Å². The Morgan fingerprint density at radius 1 is 1.53 bits per heavy atom. The Hall–Kier alpha value is -1.42. The van der Waals surface area contributed by atoms with Crippen LogP contribution in [0.5, 0.6) is 0 Å². The monoisotopic (exact) mass is 248 g/mol. The number of nitrogens with zero attached hydrogens (tertiary/aromatic N) is 1. The van der Waals surface area contributed by atoms with Crippen molar-refractivity contribution in [2.45, 2.75) is 20.3 Å². The number of rotatable bonds is 3. The second-order valence-electron chi connectivity index (χ2n) is 4.73. The van der Waals surface area contributed by atoms with Gasteiger partial charge in [-0.05, 0) is 5.57 Å². The molecule has 1 aromatic heterocycles. The third-order valence-electron chi connectivity index (χ3n) is 2.66. The molecule has 0 saturated heterocycles.